The van der Waals surface area contributed by atoms with Gasteiger partial charge in [-0.3, -0.25) is 19.8 Å². The zero-order valence-electron chi connectivity index (χ0n) is 19.4. The number of carbonyl (C=O) groups is 2. The van der Waals surface area contributed by atoms with Crippen LogP contribution in [0, 0.1) is 0 Å². The average Bonchev–Trinajstić information content (AvgIpc) is 3.47. The van der Waals surface area contributed by atoms with Crippen molar-refractivity contribution in [2.45, 2.75) is 32.6 Å². The number of anilines is 2. The molecule has 1 fully saturated rings. The van der Waals surface area contributed by atoms with Gasteiger partial charge in [0.05, 0.1) is 35.3 Å². The summed E-state index contributed by atoms with van der Waals surface area (Å²) < 4.78 is 5.79. The lowest BCUT2D eigenvalue weighted by atomic mass is 10.1. The highest BCUT2D eigenvalue weighted by atomic mass is 32.1. The molecule has 3 N–H and O–H groups in total. The summed E-state index contributed by atoms with van der Waals surface area (Å²) in [7, 11) is 0. The minimum Gasteiger partial charge on any atom is -0.373 e. The van der Waals surface area contributed by atoms with Crippen LogP contribution in [0.1, 0.15) is 40.3 Å². The Labute approximate surface area is 206 Å². The quantitative estimate of drug-likeness (QED) is 0.375. The third-order valence-corrected chi connectivity index (χ3v) is 6.52. The standard InChI is InChI=1S/C25H26N6O3S/c1-15-10-31(11-16(2)34-15)12-20-13-35-25(29-20)30-24(33)17-4-3-5-19(8-17)28-23(32)18-6-7-21-22(9-18)27-14-26-21/h3-9,13-16H,10-12H2,1-2H3,(H,26,27)(H,28,32)(H,29,30,33). The van der Waals surface area contributed by atoms with E-state index in [0.717, 1.165) is 36.4 Å². The van der Waals surface area contributed by atoms with E-state index in [2.05, 4.69) is 44.3 Å². The summed E-state index contributed by atoms with van der Waals surface area (Å²) in [5.41, 5.74) is 3.95. The van der Waals surface area contributed by atoms with Crippen molar-refractivity contribution in [3.8, 4) is 0 Å². The summed E-state index contributed by atoms with van der Waals surface area (Å²) >= 11 is 1.40. The number of aromatic nitrogens is 3. The number of aromatic amines is 1. The number of amides is 2. The number of hydrogen-bond acceptors (Lipinski definition) is 7. The molecule has 3 heterocycles. The van der Waals surface area contributed by atoms with Gasteiger partial charge >= 0.3 is 0 Å². The number of thiazole rings is 1. The molecule has 2 amide bonds. The molecule has 0 saturated carbocycles. The number of hydrogen-bond donors (Lipinski definition) is 3. The second-order valence-corrected chi connectivity index (χ2v) is 9.58. The van der Waals surface area contributed by atoms with Crippen molar-refractivity contribution < 1.29 is 14.3 Å². The van der Waals surface area contributed by atoms with Crippen LogP contribution in [-0.4, -0.2) is 57.0 Å². The van der Waals surface area contributed by atoms with Crippen molar-refractivity contribution in [3.63, 3.8) is 0 Å². The Kier molecular flexibility index (Phi) is 6.58. The molecule has 5 rings (SSSR count). The van der Waals surface area contributed by atoms with Gasteiger partial charge in [0.25, 0.3) is 11.8 Å². The number of nitrogens with one attached hydrogen (secondary N) is 3. The molecular weight excluding hydrogens is 464 g/mol. The molecule has 0 spiro atoms. The molecule has 1 aliphatic rings. The lowest BCUT2D eigenvalue weighted by molar-refractivity contribution is -0.0707. The fourth-order valence-corrected chi connectivity index (χ4v) is 4.96. The van der Waals surface area contributed by atoms with Gasteiger partial charge in [0, 0.05) is 41.8 Å². The van der Waals surface area contributed by atoms with E-state index in [1.165, 1.54) is 11.3 Å². The van der Waals surface area contributed by atoms with Gasteiger partial charge in [-0.2, -0.15) is 0 Å². The predicted octanol–water partition coefficient (Wildman–Crippen LogP) is 4.13. The highest BCUT2D eigenvalue weighted by molar-refractivity contribution is 7.14. The van der Waals surface area contributed by atoms with Crippen molar-refractivity contribution in [2.75, 3.05) is 23.7 Å². The molecule has 0 bridgehead atoms. The largest absolute Gasteiger partial charge is 0.373 e. The van der Waals surface area contributed by atoms with Crippen LogP contribution in [0.2, 0.25) is 0 Å². The van der Waals surface area contributed by atoms with E-state index in [9.17, 15) is 9.59 Å². The SMILES string of the molecule is CC1CN(Cc2csc(NC(=O)c3cccc(NC(=O)c4ccc5nc[nH]c5c4)c3)n2)CC(C)O1. The van der Waals surface area contributed by atoms with Crippen LogP contribution >= 0.6 is 11.3 Å². The topological polar surface area (TPSA) is 112 Å². The highest BCUT2D eigenvalue weighted by Gasteiger charge is 2.23. The number of nitrogens with zero attached hydrogens (tertiary/aromatic N) is 3. The van der Waals surface area contributed by atoms with Crippen LogP contribution in [0.3, 0.4) is 0 Å². The molecule has 180 valence electrons. The molecule has 2 atom stereocenters. The Balaban J connectivity index is 1.21. The molecule has 9 nitrogen and oxygen atoms in total. The first-order valence-corrected chi connectivity index (χ1v) is 12.3. The maximum atomic E-state index is 12.8. The van der Waals surface area contributed by atoms with Gasteiger partial charge in [-0.05, 0) is 50.2 Å². The van der Waals surface area contributed by atoms with Crippen LogP contribution < -0.4 is 10.6 Å². The zero-order valence-corrected chi connectivity index (χ0v) is 20.3. The summed E-state index contributed by atoms with van der Waals surface area (Å²) in [6, 6.07) is 12.1. The predicted molar refractivity (Wildman–Crippen MR) is 136 cm³/mol. The average molecular weight is 491 g/mol. The molecule has 2 aromatic carbocycles. The second kappa shape index (κ2) is 9.95. The number of imidazole rings is 1. The lowest BCUT2D eigenvalue weighted by Crippen LogP contribution is -2.44. The minimum absolute atomic E-state index is 0.192. The van der Waals surface area contributed by atoms with Crippen molar-refractivity contribution >= 4 is 45.0 Å². The van der Waals surface area contributed by atoms with Gasteiger partial charge in [0.2, 0.25) is 0 Å². The van der Waals surface area contributed by atoms with Crippen LogP contribution in [-0.2, 0) is 11.3 Å². The van der Waals surface area contributed by atoms with Crippen LogP contribution in [0.25, 0.3) is 11.0 Å². The number of carbonyl (C=O) groups excluding carboxylic acids is 2. The molecule has 10 heteroatoms. The monoisotopic (exact) mass is 490 g/mol. The number of morpholine rings is 1. The molecule has 0 aliphatic carbocycles. The molecule has 35 heavy (non-hydrogen) atoms. The summed E-state index contributed by atoms with van der Waals surface area (Å²) in [4.78, 5) is 39.6. The van der Waals surface area contributed by atoms with E-state index >= 15 is 0 Å². The zero-order chi connectivity index (χ0) is 24.4. The third kappa shape index (κ3) is 5.56. The first kappa shape index (κ1) is 23.2. The molecular formula is C25H26N6O3S. The van der Waals surface area contributed by atoms with Crippen molar-refractivity contribution in [3.05, 3.63) is 71.0 Å². The van der Waals surface area contributed by atoms with Crippen LogP contribution in [0.15, 0.2) is 54.2 Å². The molecule has 2 unspecified atom stereocenters. The molecule has 2 aromatic heterocycles. The van der Waals surface area contributed by atoms with E-state index in [4.69, 9.17) is 4.74 Å². The Morgan fingerprint density at radius 3 is 2.69 bits per heavy atom. The van der Waals surface area contributed by atoms with Crippen molar-refractivity contribution in [1.29, 1.82) is 0 Å². The molecule has 0 radical (unpaired) electrons. The number of ether oxygens (including phenoxy) is 1. The van der Waals surface area contributed by atoms with Gasteiger partial charge in [0.15, 0.2) is 5.13 Å². The van der Waals surface area contributed by atoms with Gasteiger partial charge < -0.3 is 15.0 Å². The first-order chi connectivity index (χ1) is 16.9. The van der Waals surface area contributed by atoms with Gasteiger partial charge in [-0.25, -0.2) is 9.97 Å². The minimum atomic E-state index is -0.283. The Hall–Kier alpha value is -3.60. The first-order valence-electron chi connectivity index (χ1n) is 11.4. The molecule has 4 aromatic rings. The van der Waals surface area contributed by atoms with Gasteiger partial charge in [-0.1, -0.05) is 6.07 Å². The summed E-state index contributed by atoms with van der Waals surface area (Å²) in [6.45, 7) is 6.58. The number of benzene rings is 2. The Morgan fingerprint density at radius 1 is 1.09 bits per heavy atom. The van der Waals surface area contributed by atoms with E-state index in [1.807, 2.05) is 5.38 Å². The van der Waals surface area contributed by atoms with E-state index in [0.29, 0.717) is 21.9 Å². The van der Waals surface area contributed by atoms with E-state index in [-0.39, 0.29) is 24.0 Å². The van der Waals surface area contributed by atoms with E-state index < -0.39 is 0 Å². The summed E-state index contributed by atoms with van der Waals surface area (Å²) in [5, 5.41) is 8.22. The Bertz CT molecular complexity index is 1360. The third-order valence-electron chi connectivity index (χ3n) is 5.72. The molecule has 1 aliphatic heterocycles. The summed E-state index contributed by atoms with van der Waals surface area (Å²) in [6.07, 6.45) is 1.97. The number of H-pyrrole nitrogens is 1. The van der Waals surface area contributed by atoms with Crippen LogP contribution in [0.5, 0.6) is 0 Å². The fraction of sp³-hybridized carbons (Fsp3) is 0.280. The Morgan fingerprint density at radius 2 is 1.86 bits per heavy atom. The normalized spacial score (nSPS) is 18.5. The highest BCUT2D eigenvalue weighted by Crippen LogP contribution is 2.21. The second-order valence-electron chi connectivity index (χ2n) is 8.72. The van der Waals surface area contributed by atoms with Gasteiger partial charge in [0.1, 0.15) is 0 Å². The van der Waals surface area contributed by atoms with Gasteiger partial charge in [-0.15, -0.1) is 11.3 Å². The van der Waals surface area contributed by atoms with Crippen molar-refractivity contribution in [2.24, 2.45) is 0 Å². The fourth-order valence-electron chi connectivity index (χ4n) is 4.27. The number of rotatable bonds is 6. The van der Waals surface area contributed by atoms with E-state index in [1.54, 1.807) is 48.8 Å². The maximum Gasteiger partial charge on any atom is 0.257 e. The smallest absolute Gasteiger partial charge is 0.257 e. The maximum absolute atomic E-state index is 12.8. The summed E-state index contributed by atoms with van der Waals surface area (Å²) in [5.74, 6) is -0.551. The lowest BCUT2D eigenvalue weighted by Gasteiger charge is -2.34. The van der Waals surface area contributed by atoms with Crippen LogP contribution in [0.4, 0.5) is 10.8 Å². The number of fused-ring (bicyclic) bond motifs is 1. The van der Waals surface area contributed by atoms with Crippen molar-refractivity contribution in [1.82, 2.24) is 19.9 Å². The molecule has 1 saturated heterocycles.